The molecule has 0 spiro atoms. The molecule has 3 heterocycles. The van der Waals surface area contributed by atoms with Crippen LogP contribution in [0.4, 0.5) is 0 Å². The third-order valence-corrected chi connectivity index (χ3v) is 61.1. The van der Waals surface area contributed by atoms with Gasteiger partial charge in [-0.2, -0.15) is 0 Å². The first-order chi connectivity index (χ1) is 12.5. The molecule has 0 aromatic rings. The summed E-state index contributed by atoms with van der Waals surface area (Å²) < 4.78 is 12.0. The predicted molar refractivity (Wildman–Crippen MR) is 126 cm³/mol. The van der Waals surface area contributed by atoms with Crippen molar-refractivity contribution >= 4 is 43.5 Å². The van der Waals surface area contributed by atoms with Gasteiger partial charge in [0.25, 0.3) is 0 Å². The zero-order valence-corrected chi connectivity index (χ0v) is 24.5. The summed E-state index contributed by atoms with van der Waals surface area (Å²) in [6.07, 6.45) is 9.58. The van der Waals surface area contributed by atoms with Crippen molar-refractivity contribution < 1.29 is 0 Å². The second-order valence-corrected chi connectivity index (χ2v) is 43.9. The zero-order valence-electron chi connectivity index (χ0n) is 18.8. The summed E-state index contributed by atoms with van der Waals surface area (Å²) in [5, 5.41) is 0. The molecule has 4 rings (SSSR count). The van der Waals surface area contributed by atoms with Gasteiger partial charge in [0.15, 0.2) is 0 Å². The summed E-state index contributed by atoms with van der Waals surface area (Å²) in [4.78, 5) is 0. The Labute approximate surface area is 173 Å². The molecule has 3 saturated heterocycles. The number of hydrogen-bond donors (Lipinski definition) is 0. The van der Waals surface area contributed by atoms with E-state index in [1.165, 1.54) is 0 Å². The molecule has 0 radical (unpaired) electrons. The molecule has 26 heavy (non-hydrogen) atoms. The first-order valence-electron chi connectivity index (χ1n) is 12.2. The Bertz CT molecular complexity index is 466. The molecule has 1 unspecified atom stereocenters. The molecule has 148 valence electrons. The fourth-order valence-corrected chi connectivity index (χ4v) is 73.3. The van der Waals surface area contributed by atoms with E-state index in [2.05, 4.69) is 48.6 Å². The summed E-state index contributed by atoms with van der Waals surface area (Å²) in [5.74, 6) is 3.31. The van der Waals surface area contributed by atoms with Gasteiger partial charge in [0.2, 0.25) is 0 Å². The van der Waals surface area contributed by atoms with Crippen LogP contribution < -0.4 is 0 Å². The third kappa shape index (κ3) is 3.76. The van der Waals surface area contributed by atoms with Gasteiger partial charge in [0.05, 0.1) is 0 Å². The van der Waals surface area contributed by atoms with Crippen molar-refractivity contribution in [2.45, 2.75) is 106 Å². The monoisotopic (exact) mass is 572 g/mol. The maximum absolute atomic E-state index is 2.61. The van der Waals surface area contributed by atoms with E-state index in [1.54, 1.807) is 64.9 Å². The summed E-state index contributed by atoms with van der Waals surface area (Å²) >= 11 is -4.34. The van der Waals surface area contributed by atoms with Gasteiger partial charge in [-0.3, -0.25) is 0 Å². The van der Waals surface area contributed by atoms with Crippen LogP contribution in [0, 0.1) is 17.8 Å². The molecule has 0 aromatic carbocycles. The molecular formula is C23H45BSn2. The van der Waals surface area contributed by atoms with Crippen molar-refractivity contribution in [3.05, 3.63) is 7.08 Å². The van der Waals surface area contributed by atoms with E-state index in [0.717, 1.165) is 24.5 Å². The summed E-state index contributed by atoms with van der Waals surface area (Å²) in [7, 11) is 0. The molecule has 3 heteroatoms. The standard InChI is InChI=1S/C11H15B.6C2H5.2Sn/c1-8-2-9-3-10-5-11(4-9)7-12(8)6-10;6*1-2;;/h9-11H,2-7H2;6*1H2,2H3;;/t9?,10-,11+;;;;;;;;. The summed E-state index contributed by atoms with van der Waals surface area (Å²) in [6, 6.07) is 0. The predicted octanol–water partition coefficient (Wildman–Crippen LogP) is 7.86. The number of fused-ring (bicyclic) bond motifs is 1. The average molecular weight is 570 g/mol. The number of allylic oxidation sites excluding steroid dienone is 1. The molecule has 0 nitrogen and oxygen atoms in total. The topological polar surface area (TPSA) is 0 Å². The minimum atomic E-state index is -2.17. The average Bonchev–Trinajstić information content (AvgIpc) is 2.86. The van der Waals surface area contributed by atoms with E-state index in [4.69, 9.17) is 0 Å². The molecule has 3 atom stereocenters. The van der Waals surface area contributed by atoms with Gasteiger partial charge >= 0.3 is 175 Å². The van der Waals surface area contributed by atoms with Crippen LogP contribution >= 0.6 is 0 Å². The van der Waals surface area contributed by atoms with Crippen LogP contribution in [-0.2, 0) is 0 Å². The van der Waals surface area contributed by atoms with E-state index >= 15 is 0 Å². The van der Waals surface area contributed by atoms with E-state index < -0.39 is 36.8 Å². The van der Waals surface area contributed by atoms with Crippen LogP contribution in [0.2, 0.25) is 39.3 Å². The van der Waals surface area contributed by atoms with E-state index in [0.29, 0.717) is 0 Å². The van der Waals surface area contributed by atoms with Crippen molar-refractivity contribution in [2.24, 2.45) is 17.8 Å². The van der Waals surface area contributed by atoms with E-state index in [-0.39, 0.29) is 0 Å². The zero-order chi connectivity index (χ0) is 18.9. The Kier molecular flexibility index (Phi) is 7.69. The van der Waals surface area contributed by atoms with Crippen molar-refractivity contribution in [1.82, 2.24) is 0 Å². The molecule has 0 amide bonds. The molecule has 4 bridgehead atoms. The molecule has 4 aliphatic rings. The van der Waals surface area contributed by atoms with Crippen LogP contribution in [0.25, 0.3) is 0 Å². The number of hydrogen-bond acceptors (Lipinski definition) is 0. The maximum atomic E-state index is 2.61. The molecule has 0 N–H and O–H groups in total. The molecule has 1 aliphatic carbocycles. The Hall–Kier alpha value is 1.40. The van der Waals surface area contributed by atoms with Crippen LogP contribution in [0.5, 0.6) is 0 Å². The quantitative estimate of drug-likeness (QED) is 0.261. The molecule has 3 aliphatic heterocycles. The van der Waals surface area contributed by atoms with Gasteiger partial charge in [-0.25, -0.2) is 0 Å². The Morgan fingerprint density at radius 3 is 1.46 bits per heavy atom. The molecule has 0 aromatic heterocycles. The van der Waals surface area contributed by atoms with Gasteiger partial charge in [-0.05, 0) is 0 Å². The SMILES string of the molecule is C[CH2][Sn]([CH2]C)([CH2]C)[C](=C1CC2C[C@H]3CB1C[C@@H](C2)C3)[Sn]([CH2]C)([CH2]C)[CH2]C. The first-order valence-corrected chi connectivity index (χ1v) is 27.2. The van der Waals surface area contributed by atoms with Gasteiger partial charge in [-0.15, -0.1) is 0 Å². The van der Waals surface area contributed by atoms with Crippen LogP contribution in [0.15, 0.2) is 7.08 Å². The van der Waals surface area contributed by atoms with Crippen LogP contribution in [0.1, 0.15) is 67.2 Å². The van der Waals surface area contributed by atoms with E-state index in [1.807, 2.05) is 0 Å². The van der Waals surface area contributed by atoms with Crippen LogP contribution in [0.3, 0.4) is 0 Å². The second-order valence-electron chi connectivity index (χ2n) is 10.3. The summed E-state index contributed by atoms with van der Waals surface area (Å²) in [5.41, 5.74) is 2.20. The number of rotatable bonds is 8. The van der Waals surface area contributed by atoms with Crippen LogP contribution in [-0.4, -0.2) is 43.5 Å². The normalized spacial score (nSPS) is 28.6. The van der Waals surface area contributed by atoms with Gasteiger partial charge < -0.3 is 0 Å². The molecular weight excluding hydrogens is 524 g/mol. The Morgan fingerprint density at radius 1 is 0.692 bits per heavy atom. The van der Waals surface area contributed by atoms with Crippen molar-refractivity contribution in [3.63, 3.8) is 0 Å². The van der Waals surface area contributed by atoms with Crippen molar-refractivity contribution in [3.8, 4) is 0 Å². The molecule has 4 fully saturated rings. The van der Waals surface area contributed by atoms with Gasteiger partial charge in [-0.1, -0.05) is 0 Å². The first kappa shape index (κ1) is 22.1. The third-order valence-electron chi connectivity index (χ3n) is 9.68. The Balaban J connectivity index is 2.20. The fourth-order valence-electron chi connectivity index (χ4n) is 8.03. The van der Waals surface area contributed by atoms with Crippen molar-refractivity contribution in [2.75, 3.05) is 0 Å². The summed E-state index contributed by atoms with van der Waals surface area (Å²) in [6.45, 7) is 16.7. The van der Waals surface area contributed by atoms with Gasteiger partial charge in [0, 0.05) is 0 Å². The molecule has 1 saturated carbocycles. The van der Waals surface area contributed by atoms with Crippen molar-refractivity contribution in [1.29, 1.82) is 0 Å². The minimum absolute atomic E-state index is 1.04. The Morgan fingerprint density at radius 2 is 1.08 bits per heavy atom. The fraction of sp³-hybridized carbons (Fsp3) is 0.913. The van der Waals surface area contributed by atoms with E-state index in [9.17, 15) is 0 Å². The second kappa shape index (κ2) is 9.04. The van der Waals surface area contributed by atoms with Gasteiger partial charge in [0.1, 0.15) is 0 Å².